The van der Waals surface area contributed by atoms with Gasteiger partial charge >= 0.3 is 0 Å². The summed E-state index contributed by atoms with van der Waals surface area (Å²) in [4.78, 5) is 6.54. The summed E-state index contributed by atoms with van der Waals surface area (Å²) in [5, 5.41) is 0.750. The maximum absolute atomic E-state index is 6.04. The van der Waals surface area contributed by atoms with Crippen LogP contribution in [0.3, 0.4) is 0 Å². The Hall–Kier alpha value is -1.74. The molecule has 1 aromatic carbocycles. The van der Waals surface area contributed by atoms with Crippen LogP contribution >= 0.6 is 11.6 Å². The van der Waals surface area contributed by atoms with Crippen LogP contribution in [0.4, 0.5) is 11.5 Å². The van der Waals surface area contributed by atoms with Crippen molar-refractivity contribution >= 4 is 23.1 Å². The van der Waals surface area contributed by atoms with Crippen LogP contribution in [0.25, 0.3) is 0 Å². The first kappa shape index (κ1) is 13.7. The number of nitrogens with zero attached hydrogens (tertiary/aromatic N) is 2. The Morgan fingerprint density at radius 1 is 1.32 bits per heavy atom. The third-order valence-electron chi connectivity index (χ3n) is 3.32. The van der Waals surface area contributed by atoms with Crippen LogP contribution in [0.15, 0.2) is 36.5 Å². The Morgan fingerprint density at radius 2 is 2.05 bits per heavy atom. The molecule has 3 nitrogen and oxygen atoms in total. The number of rotatable bonds is 3. The highest BCUT2D eigenvalue weighted by Crippen LogP contribution is 2.28. The van der Waals surface area contributed by atoms with Gasteiger partial charge < -0.3 is 10.6 Å². The van der Waals surface area contributed by atoms with Gasteiger partial charge in [0.05, 0.1) is 17.9 Å². The topological polar surface area (TPSA) is 42.1 Å². The van der Waals surface area contributed by atoms with E-state index in [1.165, 1.54) is 0 Å². The summed E-state index contributed by atoms with van der Waals surface area (Å²) < 4.78 is 0. The van der Waals surface area contributed by atoms with E-state index >= 15 is 0 Å². The highest BCUT2D eigenvalue weighted by atomic mass is 35.5. The molecule has 100 valence electrons. The number of halogens is 1. The number of pyridine rings is 1. The Bertz CT molecular complexity index is 583. The maximum atomic E-state index is 6.04. The SMILES string of the molecule is Cc1cc(N)cnc1N(C)C(C)c1cccc(Cl)c1. The first-order valence-corrected chi connectivity index (χ1v) is 6.57. The molecule has 4 heteroatoms. The lowest BCUT2D eigenvalue weighted by Gasteiger charge is -2.27. The minimum Gasteiger partial charge on any atom is -0.397 e. The number of hydrogen-bond acceptors (Lipinski definition) is 3. The molecule has 0 amide bonds. The Balaban J connectivity index is 2.30. The van der Waals surface area contributed by atoms with Crippen molar-refractivity contribution < 1.29 is 0 Å². The van der Waals surface area contributed by atoms with E-state index in [1.54, 1.807) is 6.20 Å². The van der Waals surface area contributed by atoms with Crippen LogP contribution in [0.2, 0.25) is 5.02 Å². The van der Waals surface area contributed by atoms with E-state index in [0.717, 1.165) is 22.0 Å². The van der Waals surface area contributed by atoms with Gasteiger partial charge in [0, 0.05) is 12.1 Å². The molecule has 1 unspecified atom stereocenters. The molecule has 2 N–H and O–H groups in total. The minimum absolute atomic E-state index is 0.188. The fourth-order valence-electron chi connectivity index (χ4n) is 2.13. The van der Waals surface area contributed by atoms with Crippen molar-refractivity contribution in [3.8, 4) is 0 Å². The molecule has 1 heterocycles. The van der Waals surface area contributed by atoms with E-state index in [1.807, 2.05) is 38.2 Å². The summed E-state index contributed by atoms with van der Waals surface area (Å²) in [7, 11) is 2.02. The van der Waals surface area contributed by atoms with Crippen LogP contribution < -0.4 is 10.6 Å². The fourth-order valence-corrected chi connectivity index (χ4v) is 2.33. The molecule has 0 radical (unpaired) electrons. The number of aryl methyl sites for hydroxylation is 1. The quantitative estimate of drug-likeness (QED) is 0.926. The van der Waals surface area contributed by atoms with Crippen molar-refractivity contribution in [1.82, 2.24) is 4.98 Å². The summed E-state index contributed by atoms with van der Waals surface area (Å²) in [6.45, 7) is 4.14. The third-order valence-corrected chi connectivity index (χ3v) is 3.55. The van der Waals surface area contributed by atoms with E-state index in [9.17, 15) is 0 Å². The van der Waals surface area contributed by atoms with E-state index in [-0.39, 0.29) is 6.04 Å². The molecule has 0 saturated heterocycles. The molecule has 0 fully saturated rings. The number of aromatic nitrogens is 1. The Morgan fingerprint density at radius 3 is 2.68 bits per heavy atom. The standard InChI is InChI=1S/C15H18ClN3/c1-10-7-14(17)9-18-15(10)19(3)11(2)12-5-4-6-13(16)8-12/h4-9,11H,17H2,1-3H3. The van der Waals surface area contributed by atoms with Crippen molar-refractivity contribution in [1.29, 1.82) is 0 Å². The lowest BCUT2D eigenvalue weighted by Crippen LogP contribution is -2.23. The summed E-state index contributed by atoms with van der Waals surface area (Å²) >= 11 is 6.04. The molecular weight excluding hydrogens is 258 g/mol. The van der Waals surface area contributed by atoms with Crippen LogP contribution in [-0.2, 0) is 0 Å². The van der Waals surface area contributed by atoms with Gasteiger partial charge in [-0.05, 0) is 43.2 Å². The second-order valence-electron chi connectivity index (χ2n) is 4.75. The molecule has 0 aliphatic rings. The molecule has 2 aromatic rings. The average Bonchev–Trinajstić information content (AvgIpc) is 2.37. The smallest absolute Gasteiger partial charge is 0.131 e. The Kier molecular flexibility index (Phi) is 3.96. The van der Waals surface area contributed by atoms with E-state index < -0.39 is 0 Å². The van der Waals surface area contributed by atoms with Crippen LogP contribution in [-0.4, -0.2) is 12.0 Å². The number of benzene rings is 1. The van der Waals surface area contributed by atoms with E-state index in [4.69, 9.17) is 17.3 Å². The molecule has 1 aromatic heterocycles. The zero-order chi connectivity index (χ0) is 14.0. The molecule has 0 aliphatic carbocycles. The monoisotopic (exact) mass is 275 g/mol. The fraction of sp³-hybridized carbons (Fsp3) is 0.267. The van der Waals surface area contributed by atoms with Crippen LogP contribution in [0, 0.1) is 6.92 Å². The molecule has 0 saturated carbocycles. The van der Waals surface area contributed by atoms with Gasteiger partial charge in [-0.15, -0.1) is 0 Å². The highest BCUT2D eigenvalue weighted by Gasteiger charge is 2.15. The first-order chi connectivity index (χ1) is 8.99. The van der Waals surface area contributed by atoms with Gasteiger partial charge in [-0.25, -0.2) is 4.98 Å². The van der Waals surface area contributed by atoms with Gasteiger partial charge in [0.1, 0.15) is 5.82 Å². The van der Waals surface area contributed by atoms with Gasteiger partial charge in [-0.2, -0.15) is 0 Å². The van der Waals surface area contributed by atoms with Crippen LogP contribution in [0.1, 0.15) is 24.1 Å². The summed E-state index contributed by atoms with van der Waals surface area (Å²) in [6.07, 6.45) is 1.68. The normalized spacial score (nSPS) is 12.2. The van der Waals surface area contributed by atoms with Crippen LogP contribution in [0.5, 0.6) is 0 Å². The summed E-state index contributed by atoms with van der Waals surface area (Å²) in [5.74, 6) is 0.932. The van der Waals surface area contributed by atoms with Crippen molar-refractivity contribution in [3.63, 3.8) is 0 Å². The second kappa shape index (κ2) is 5.49. The zero-order valence-corrected chi connectivity index (χ0v) is 12.1. The molecule has 19 heavy (non-hydrogen) atoms. The van der Waals surface area contributed by atoms with E-state index in [2.05, 4.69) is 22.9 Å². The van der Waals surface area contributed by atoms with Crippen molar-refractivity contribution in [2.75, 3.05) is 17.7 Å². The minimum atomic E-state index is 0.188. The number of hydrogen-bond donors (Lipinski definition) is 1. The average molecular weight is 276 g/mol. The van der Waals surface area contributed by atoms with Crippen molar-refractivity contribution in [3.05, 3.63) is 52.7 Å². The lowest BCUT2D eigenvalue weighted by molar-refractivity contribution is 0.726. The van der Waals surface area contributed by atoms with E-state index in [0.29, 0.717) is 5.69 Å². The predicted octanol–water partition coefficient (Wildman–Crippen LogP) is 3.82. The second-order valence-corrected chi connectivity index (χ2v) is 5.19. The van der Waals surface area contributed by atoms with Crippen molar-refractivity contribution in [2.45, 2.75) is 19.9 Å². The molecule has 0 aliphatic heterocycles. The summed E-state index contributed by atoms with van der Waals surface area (Å²) in [5.41, 5.74) is 8.65. The molecular formula is C15H18ClN3. The number of anilines is 2. The highest BCUT2D eigenvalue weighted by molar-refractivity contribution is 6.30. The van der Waals surface area contributed by atoms with Gasteiger partial charge in [-0.3, -0.25) is 0 Å². The molecule has 2 rings (SSSR count). The predicted molar refractivity (Wildman–Crippen MR) is 81.7 cm³/mol. The van der Waals surface area contributed by atoms with Gasteiger partial charge in [0.25, 0.3) is 0 Å². The molecule has 0 bridgehead atoms. The van der Waals surface area contributed by atoms with Crippen molar-refractivity contribution in [2.24, 2.45) is 0 Å². The van der Waals surface area contributed by atoms with Gasteiger partial charge in [-0.1, -0.05) is 23.7 Å². The Labute approximate surface area is 119 Å². The largest absolute Gasteiger partial charge is 0.397 e. The maximum Gasteiger partial charge on any atom is 0.131 e. The number of nitrogens with two attached hydrogens (primary N) is 1. The number of nitrogen functional groups attached to an aromatic ring is 1. The zero-order valence-electron chi connectivity index (χ0n) is 11.4. The molecule has 0 spiro atoms. The van der Waals surface area contributed by atoms with Gasteiger partial charge in [0.2, 0.25) is 0 Å². The lowest BCUT2D eigenvalue weighted by atomic mass is 10.1. The third kappa shape index (κ3) is 2.99. The van der Waals surface area contributed by atoms with Gasteiger partial charge in [0.15, 0.2) is 0 Å². The first-order valence-electron chi connectivity index (χ1n) is 6.19. The summed E-state index contributed by atoms with van der Waals surface area (Å²) in [6, 6.07) is 10.0. The molecule has 1 atom stereocenters.